The van der Waals surface area contributed by atoms with Gasteiger partial charge in [0.2, 0.25) is 0 Å². The molecule has 0 aliphatic rings. The molecule has 0 aromatic carbocycles. The van der Waals surface area contributed by atoms with Gasteiger partial charge in [0.1, 0.15) is 0 Å². The van der Waals surface area contributed by atoms with Crippen LogP contribution in [-0.4, -0.2) is 19.5 Å². The first kappa shape index (κ1) is 8.07. The molecule has 0 bridgehead atoms. The van der Waals surface area contributed by atoms with Crippen LogP contribution in [0.25, 0.3) is 0 Å². The van der Waals surface area contributed by atoms with E-state index in [0.717, 1.165) is 7.11 Å². The van der Waals surface area contributed by atoms with Crippen LogP contribution in [0.1, 0.15) is 0 Å². The monoisotopic (exact) mass is 136 g/mol. The van der Waals surface area contributed by atoms with Crippen molar-refractivity contribution in [2.45, 2.75) is 6.43 Å². The summed E-state index contributed by atoms with van der Waals surface area (Å²) in [5, 5.41) is 0. The lowest BCUT2D eigenvalue weighted by molar-refractivity contribution is -0.134. The van der Waals surface area contributed by atoms with Crippen molar-refractivity contribution in [3.05, 3.63) is 12.2 Å². The molecule has 0 amide bonds. The molecule has 0 aromatic heterocycles. The third kappa shape index (κ3) is 4.93. The molecule has 4 heteroatoms. The first-order valence-corrected chi connectivity index (χ1v) is 2.21. The number of esters is 1. The third-order valence-corrected chi connectivity index (χ3v) is 0.579. The minimum Gasteiger partial charge on any atom is -0.466 e. The quantitative estimate of drug-likeness (QED) is 0.417. The Hall–Kier alpha value is -0.930. The predicted molar refractivity (Wildman–Crippen MR) is 27.2 cm³/mol. The Kier molecular flexibility index (Phi) is 3.59. The molecular weight excluding hydrogens is 130 g/mol. The van der Waals surface area contributed by atoms with Gasteiger partial charge in [-0.05, 0) is 6.08 Å². The van der Waals surface area contributed by atoms with Crippen LogP contribution in [0.4, 0.5) is 8.78 Å². The zero-order valence-electron chi connectivity index (χ0n) is 4.80. The number of rotatable bonds is 2. The summed E-state index contributed by atoms with van der Waals surface area (Å²) in [6.07, 6.45) is -1.44. The summed E-state index contributed by atoms with van der Waals surface area (Å²) in [4.78, 5) is 10.1. The van der Waals surface area contributed by atoms with E-state index in [9.17, 15) is 13.6 Å². The van der Waals surface area contributed by atoms with E-state index >= 15 is 0 Å². The highest BCUT2D eigenvalue weighted by atomic mass is 19.3. The number of carbonyl (C=O) groups excluding carboxylic acids is 1. The van der Waals surface area contributed by atoms with Crippen molar-refractivity contribution in [3.8, 4) is 0 Å². The molecule has 0 aromatic rings. The molecule has 0 fully saturated rings. The van der Waals surface area contributed by atoms with Crippen molar-refractivity contribution < 1.29 is 18.3 Å². The summed E-state index contributed by atoms with van der Waals surface area (Å²) in [5.41, 5.74) is 0. The molecule has 0 heterocycles. The summed E-state index contributed by atoms with van der Waals surface area (Å²) in [6, 6.07) is 0. The number of allylic oxidation sites excluding steroid dienone is 1. The second-order valence-corrected chi connectivity index (χ2v) is 1.22. The molecule has 0 spiro atoms. The number of carbonyl (C=O) groups is 1. The normalized spacial score (nSPS) is 10.7. The van der Waals surface area contributed by atoms with E-state index in [2.05, 4.69) is 4.74 Å². The molecule has 0 N–H and O–H groups in total. The predicted octanol–water partition coefficient (Wildman–Crippen LogP) is 0.981. The Morgan fingerprint density at radius 1 is 1.67 bits per heavy atom. The lowest BCUT2D eigenvalue weighted by atomic mass is 10.5. The van der Waals surface area contributed by atoms with E-state index in [1.54, 1.807) is 0 Å². The second kappa shape index (κ2) is 4.00. The van der Waals surface area contributed by atoms with Gasteiger partial charge in [0.25, 0.3) is 6.43 Å². The van der Waals surface area contributed by atoms with E-state index in [1.165, 1.54) is 0 Å². The van der Waals surface area contributed by atoms with Crippen molar-refractivity contribution >= 4 is 5.97 Å². The first-order valence-electron chi connectivity index (χ1n) is 2.21. The summed E-state index contributed by atoms with van der Waals surface area (Å²) < 4.78 is 26.5. The fourth-order valence-electron chi connectivity index (χ4n) is 0.219. The summed E-state index contributed by atoms with van der Waals surface area (Å²) >= 11 is 0. The molecular formula is C5H6F2O2. The van der Waals surface area contributed by atoms with Crippen LogP contribution in [0.3, 0.4) is 0 Å². The minimum absolute atomic E-state index is 0.464. The number of methoxy groups -OCH3 is 1. The highest BCUT2D eigenvalue weighted by Crippen LogP contribution is 1.92. The average molecular weight is 136 g/mol. The van der Waals surface area contributed by atoms with Crippen LogP contribution < -0.4 is 0 Å². The smallest absolute Gasteiger partial charge is 0.330 e. The van der Waals surface area contributed by atoms with Crippen molar-refractivity contribution in [1.29, 1.82) is 0 Å². The molecule has 0 unspecified atom stereocenters. The molecule has 9 heavy (non-hydrogen) atoms. The summed E-state index contributed by atoms with van der Waals surface area (Å²) in [5.74, 6) is -0.768. The first-order chi connectivity index (χ1) is 4.16. The van der Waals surface area contributed by atoms with Gasteiger partial charge < -0.3 is 4.74 Å². The minimum atomic E-state index is -2.59. The molecule has 52 valence electrons. The van der Waals surface area contributed by atoms with Gasteiger partial charge in [-0.1, -0.05) is 0 Å². The molecule has 0 atom stereocenters. The Morgan fingerprint density at radius 2 is 2.22 bits per heavy atom. The highest BCUT2D eigenvalue weighted by Gasteiger charge is 1.95. The molecule has 0 aliphatic carbocycles. The zero-order valence-corrected chi connectivity index (χ0v) is 4.80. The zero-order chi connectivity index (χ0) is 7.28. The number of hydrogen-bond donors (Lipinski definition) is 0. The van der Waals surface area contributed by atoms with Crippen LogP contribution >= 0.6 is 0 Å². The van der Waals surface area contributed by atoms with Crippen LogP contribution in [0.5, 0.6) is 0 Å². The summed E-state index contributed by atoms with van der Waals surface area (Å²) in [6.45, 7) is 0. The van der Waals surface area contributed by atoms with E-state index in [-0.39, 0.29) is 0 Å². The van der Waals surface area contributed by atoms with E-state index < -0.39 is 12.4 Å². The van der Waals surface area contributed by atoms with Crippen molar-refractivity contribution in [2.24, 2.45) is 0 Å². The maximum atomic E-state index is 11.2. The number of halogens is 2. The van der Waals surface area contributed by atoms with Gasteiger partial charge in [-0.25, -0.2) is 13.6 Å². The maximum absolute atomic E-state index is 11.2. The SMILES string of the molecule is COC(=O)C=CC(F)F. The van der Waals surface area contributed by atoms with E-state index in [1.807, 2.05) is 0 Å². The fraction of sp³-hybridized carbons (Fsp3) is 0.400. The number of ether oxygens (including phenoxy) is 1. The Labute approximate surface area is 51.1 Å². The van der Waals surface area contributed by atoms with Crippen LogP contribution in [0, 0.1) is 0 Å². The Bertz CT molecular complexity index is 120. The molecule has 0 radical (unpaired) electrons. The van der Waals surface area contributed by atoms with Crippen LogP contribution in [-0.2, 0) is 9.53 Å². The summed E-state index contributed by atoms with van der Waals surface area (Å²) in [7, 11) is 1.12. The fourth-order valence-corrected chi connectivity index (χ4v) is 0.219. The molecule has 0 aliphatic heterocycles. The van der Waals surface area contributed by atoms with Crippen molar-refractivity contribution in [1.82, 2.24) is 0 Å². The van der Waals surface area contributed by atoms with Gasteiger partial charge in [-0.3, -0.25) is 0 Å². The second-order valence-electron chi connectivity index (χ2n) is 1.22. The van der Waals surface area contributed by atoms with Gasteiger partial charge in [-0.2, -0.15) is 0 Å². The molecule has 0 rings (SSSR count). The van der Waals surface area contributed by atoms with Gasteiger partial charge in [0.05, 0.1) is 7.11 Å². The van der Waals surface area contributed by atoms with Gasteiger partial charge in [-0.15, -0.1) is 0 Å². The molecule has 0 saturated carbocycles. The Morgan fingerprint density at radius 3 is 2.56 bits per heavy atom. The lowest BCUT2D eigenvalue weighted by Crippen LogP contribution is -1.95. The van der Waals surface area contributed by atoms with E-state index in [0.29, 0.717) is 12.2 Å². The number of hydrogen-bond acceptors (Lipinski definition) is 2. The molecule has 0 saturated heterocycles. The Balaban J connectivity index is 3.57. The van der Waals surface area contributed by atoms with Crippen LogP contribution in [0.2, 0.25) is 0 Å². The van der Waals surface area contributed by atoms with Crippen LogP contribution in [0.15, 0.2) is 12.2 Å². The van der Waals surface area contributed by atoms with Gasteiger partial charge >= 0.3 is 5.97 Å². The van der Waals surface area contributed by atoms with Crippen molar-refractivity contribution in [3.63, 3.8) is 0 Å². The van der Waals surface area contributed by atoms with Gasteiger partial charge in [0.15, 0.2) is 0 Å². The standard InChI is InChI=1S/C5H6F2O2/c1-9-5(8)3-2-4(6)7/h2-4H,1H3. The number of alkyl halides is 2. The topological polar surface area (TPSA) is 26.3 Å². The molecule has 2 nitrogen and oxygen atoms in total. The van der Waals surface area contributed by atoms with E-state index in [4.69, 9.17) is 0 Å². The highest BCUT2D eigenvalue weighted by molar-refractivity contribution is 5.81. The largest absolute Gasteiger partial charge is 0.466 e. The van der Waals surface area contributed by atoms with Crippen molar-refractivity contribution in [2.75, 3.05) is 7.11 Å². The van der Waals surface area contributed by atoms with Gasteiger partial charge in [0, 0.05) is 6.08 Å². The third-order valence-electron chi connectivity index (χ3n) is 0.579. The average Bonchev–Trinajstić information content (AvgIpc) is 1.83. The lowest BCUT2D eigenvalue weighted by Gasteiger charge is -1.87. The maximum Gasteiger partial charge on any atom is 0.330 e.